The SMILES string of the molecule is COc1ccc2c(c1)c(C)c(C)n2Cc1ccccc1. The Labute approximate surface area is 119 Å². The van der Waals surface area contributed by atoms with Crippen LogP contribution in [0.5, 0.6) is 5.75 Å². The van der Waals surface area contributed by atoms with Gasteiger partial charge < -0.3 is 9.30 Å². The minimum Gasteiger partial charge on any atom is -0.497 e. The Hall–Kier alpha value is -2.22. The lowest BCUT2D eigenvalue weighted by atomic mass is 10.1. The second-order valence-corrected chi connectivity index (χ2v) is 5.17. The first kappa shape index (κ1) is 12.8. The van der Waals surface area contributed by atoms with Gasteiger partial charge in [-0.15, -0.1) is 0 Å². The van der Waals surface area contributed by atoms with E-state index in [9.17, 15) is 0 Å². The maximum Gasteiger partial charge on any atom is 0.119 e. The van der Waals surface area contributed by atoms with Gasteiger partial charge in [0, 0.05) is 23.1 Å². The molecule has 0 N–H and O–H groups in total. The number of rotatable bonds is 3. The highest BCUT2D eigenvalue weighted by molar-refractivity contribution is 5.86. The number of hydrogen-bond acceptors (Lipinski definition) is 1. The van der Waals surface area contributed by atoms with Crippen LogP contribution >= 0.6 is 0 Å². The van der Waals surface area contributed by atoms with E-state index in [4.69, 9.17) is 4.74 Å². The van der Waals surface area contributed by atoms with Crippen molar-refractivity contribution in [3.8, 4) is 5.75 Å². The molecule has 3 rings (SSSR count). The van der Waals surface area contributed by atoms with E-state index in [2.05, 4.69) is 60.9 Å². The Kier molecular flexibility index (Phi) is 3.23. The highest BCUT2D eigenvalue weighted by Gasteiger charge is 2.11. The maximum absolute atomic E-state index is 5.34. The fraction of sp³-hybridized carbons (Fsp3) is 0.222. The molecule has 0 atom stereocenters. The fourth-order valence-corrected chi connectivity index (χ4v) is 2.73. The Balaban J connectivity index is 2.13. The summed E-state index contributed by atoms with van der Waals surface area (Å²) >= 11 is 0. The van der Waals surface area contributed by atoms with Crippen LogP contribution < -0.4 is 4.74 Å². The van der Waals surface area contributed by atoms with Crippen LogP contribution in [0.15, 0.2) is 48.5 Å². The van der Waals surface area contributed by atoms with E-state index < -0.39 is 0 Å². The van der Waals surface area contributed by atoms with Crippen molar-refractivity contribution in [2.24, 2.45) is 0 Å². The molecule has 20 heavy (non-hydrogen) atoms. The van der Waals surface area contributed by atoms with Crippen LogP contribution in [0.2, 0.25) is 0 Å². The van der Waals surface area contributed by atoms with Crippen molar-refractivity contribution >= 4 is 10.9 Å². The molecule has 102 valence electrons. The Bertz CT molecular complexity index is 741. The van der Waals surface area contributed by atoms with Gasteiger partial charge in [0.1, 0.15) is 5.75 Å². The smallest absolute Gasteiger partial charge is 0.119 e. The van der Waals surface area contributed by atoms with Gasteiger partial charge >= 0.3 is 0 Å². The van der Waals surface area contributed by atoms with E-state index in [-0.39, 0.29) is 0 Å². The van der Waals surface area contributed by atoms with Crippen molar-refractivity contribution in [3.63, 3.8) is 0 Å². The normalized spacial score (nSPS) is 10.9. The first-order valence-corrected chi connectivity index (χ1v) is 6.88. The summed E-state index contributed by atoms with van der Waals surface area (Å²) in [4.78, 5) is 0. The molecule has 0 amide bonds. The summed E-state index contributed by atoms with van der Waals surface area (Å²) < 4.78 is 7.71. The zero-order valence-electron chi connectivity index (χ0n) is 12.2. The first-order valence-electron chi connectivity index (χ1n) is 6.88. The largest absolute Gasteiger partial charge is 0.497 e. The zero-order chi connectivity index (χ0) is 14.1. The number of methoxy groups -OCH3 is 1. The van der Waals surface area contributed by atoms with Crippen molar-refractivity contribution in [2.45, 2.75) is 20.4 Å². The zero-order valence-corrected chi connectivity index (χ0v) is 12.2. The molecule has 0 aliphatic rings. The van der Waals surface area contributed by atoms with Crippen LogP contribution in [-0.2, 0) is 6.54 Å². The third-order valence-corrected chi connectivity index (χ3v) is 4.03. The summed E-state index contributed by atoms with van der Waals surface area (Å²) in [6, 6.07) is 16.9. The summed E-state index contributed by atoms with van der Waals surface area (Å²) in [6.07, 6.45) is 0. The van der Waals surface area contributed by atoms with E-state index in [0.717, 1.165) is 12.3 Å². The summed E-state index contributed by atoms with van der Waals surface area (Å²) in [5.74, 6) is 0.914. The minimum atomic E-state index is 0.906. The predicted molar refractivity (Wildman–Crippen MR) is 83.5 cm³/mol. The van der Waals surface area contributed by atoms with Crippen molar-refractivity contribution in [1.29, 1.82) is 0 Å². The molecule has 2 aromatic carbocycles. The lowest BCUT2D eigenvalue weighted by molar-refractivity contribution is 0.415. The molecule has 0 radical (unpaired) electrons. The first-order chi connectivity index (χ1) is 9.70. The molecule has 0 saturated heterocycles. The molecule has 1 heterocycles. The number of aryl methyl sites for hydroxylation is 1. The summed E-state index contributed by atoms with van der Waals surface area (Å²) in [6.45, 7) is 5.27. The average molecular weight is 265 g/mol. The number of hydrogen-bond donors (Lipinski definition) is 0. The highest BCUT2D eigenvalue weighted by Crippen LogP contribution is 2.29. The maximum atomic E-state index is 5.34. The third kappa shape index (κ3) is 2.07. The quantitative estimate of drug-likeness (QED) is 0.688. The average Bonchev–Trinajstić information content (AvgIpc) is 2.73. The molecular weight excluding hydrogens is 246 g/mol. The van der Waals surface area contributed by atoms with Crippen LogP contribution in [0.4, 0.5) is 0 Å². The molecule has 0 bridgehead atoms. The number of fused-ring (bicyclic) bond motifs is 1. The molecule has 0 aliphatic carbocycles. The summed E-state index contributed by atoms with van der Waals surface area (Å²) in [5.41, 5.74) is 5.24. The third-order valence-electron chi connectivity index (χ3n) is 4.03. The highest BCUT2D eigenvalue weighted by atomic mass is 16.5. The van der Waals surface area contributed by atoms with E-state index in [1.54, 1.807) is 7.11 Å². The van der Waals surface area contributed by atoms with E-state index in [1.807, 2.05) is 6.07 Å². The van der Waals surface area contributed by atoms with Crippen LogP contribution in [0.1, 0.15) is 16.8 Å². The van der Waals surface area contributed by atoms with Gasteiger partial charge in [-0.3, -0.25) is 0 Å². The second-order valence-electron chi connectivity index (χ2n) is 5.17. The number of benzene rings is 2. The number of ether oxygens (including phenoxy) is 1. The minimum absolute atomic E-state index is 0.906. The van der Waals surface area contributed by atoms with Crippen LogP contribution in [0, 0.1) is 13.8 Å². The van der Waals surface area contributed by atoms with Gasteiger partial charge in [0.25, 0.3) is 0 Å². The van der Waals surface area contributed by atoms with Gasteiger partial charge in [0.15, 0.2) is 0 Å². The van der Waals surface area contributed by atoms with Crippen LogP contribution in [0.25, 0.3) is 10.9 Å². The Morgan fingerprint density at radius 1 is 1.00 bits per heavy atom. The molecule has 0 aliphatic heterocycles. The van der Waals surface area contributed by atoms with E-state index in [0.29, 0.717) is 0 Å². The predicted octanol–water partition coefficient (Wildman–Crippen LogP) is 4.32. The molecule has 2 heteroatoms. The lowest BCUT2D eigenvalue weighted by Gasteiger charge is -2.09. The molecule has 2 nitrogen and oxygen atoms in total. The number of nitrogens with zero attached hydrogens (tertiary/aromatic N) is 1. The van der Waals surface area contributed by atoms with Crippen LogP contribution in [-0.4, -0.2) is 11.7 Å². The standard InChI is InChI=1S/C18H19NO/c1-13-14(2)19(12-15-7-5-4-6-8-15)18-10-9-16(20-3)11-17(13)18/h4-11H,12H2,1-3H3. The Morgan fingerprint density at radius 2 is 1.75 bits per heavy atom. The summed E-state index contributed by atoms with van der Waals surface area (Å²) in [7, 11) is 1.71. The monoisotopic (exact) mass is 265 g/mol. The van der Waals surface area contributed by atoms with Gasteiger partial charge in [-0.1, -0.05) is 30.3 Å². The van der Waals surface area contributed by atoms with Crippen molar-refractivity contribution in [1.82, 2.24) is 4.57 Å². The van der Waals surface area contributed by atoms with Gasteiger partial charge in [0.05, 0.1) is 7.11 Å². The van der Waals surface area contributed by atoms with Crippen molar-refractivity contribution in [2.75, 3.05) is 7.11 Å². The molecule has 0 unspecified atom stereocenters. The topological polar surface area (TPSA) is 14.2 Å². The van der Waals surface area contributed by atoms with Gasteiger partial charge in [-0.25, -0.2) is 0 Å². The Morgan fingerprint density at radius 3 is 2.45 bits per heavy atom. The van der Waals surface area contributed by atoms with Gasteiger partial charge in [-0.2, -0.15) is 0 Å². The second kappa shape index (κ2) is 5.04. The molecule has 0 saturated carbocycles. The van der Waals surface area contributed by atoms with E-state index >= 15 is 0 Å². The van der Waals surface area contributed by atoms with Crippen LogP contribution in [0.3, 0.4) is 0 Å². The van der Waals surface area contributed by atoms with Gasteiger partial charge in [0.2, 0.25) is 0 Å². The van der Waals surface area contributed by atoms with Crippen molar-refractivity contribution < 1.29 is 4.74 Å². The molecular formula is C18H19NO. The van der Waals surface area contributed by atoms with Crippen molar-refractivity contribution in [3.05, 3.63) is 65.4 Å². The lowest BCUT2D eigenvalue weighted by Crippen LogP contribution is -2.01. The molecule has 0 spiro atoms. The molecule has 3 aromatic rings. The van der Waals surface area contributed by atoms with Gasteiger partial charge in [-0.05, 0) is 43.2 Å². The van der Waals surface area contributed by atoms with E-state index in [1.165, 1.54) is 27.7 Å². The summed E-state index contributed by atoms with van der Waals surface area (Å²) in [5, 5.41) is 1.28. The number of aromatic nitrogens is 1. The fourth-order valence-electron chi connectivity index (χ4n) is 2.73. The molecule has 0 fully saturated rings. The molecule has 1 aromatic heterocycles.